The molecule has 0 unspecified atom stereocenters. The Kier molecular flexibility index (Phi) is 4.52. The van der Waals surface area contributed by atoms with Crippen LogP contribution in [0, 0.1) is 0 Å². The zero-order chi connectivity index (χ0) is 14.5. The number of nitrogens with one attached hydrogen (secondary N) is 2. The Balaban J connectivity index is 1.61. The normalized spacial score (nSPS) is 11.3. The van der Waals surface area contributed by atoms with E-state index in [1.165, 1.54) is 6.33 Å². The minimum absolute atomic E-state index is 0.691. The number of imidazole rings is 1. The van der Waals surface area contributed by atoms with Gasteiger partial charge in [-0.25, -0.2) is 15.0 Å². The number of aromatic nitrogens is 4. The van der Waals surface area contributed by atoms with Gasteiger partial charge in [-0.05, 0) is 25.1 Å². The number of rotatable bonds is 7. The lowest BCUT2D eigenvalue weighted by molar-refractivity contribution is 0.459. The number of hydrogen-bond acceptors (Lipinski definition) is 6. The molecule has 3 heterocycles. The van der Waals surface area contributed by atoms with Crippen LogP contribution in [0.3, 0.4) is 0 Å². The number of fused-ring (bicyclic) bond motifs is 1. The summed E-state index contributed by atoms with van der Waals surface area (Å²) in [4.78, 5) is 15.6. The van der Waals surface area contributed by atoms with E-state index in [-0.39, 0.29) is 0 Å². The second-order valence-corrected chi connectivity index (χ2v) is 5.58. The molecule has 0 saturated heterocycles. The van der Waals surface area contributed by atoms with Gasteiger partial charge < -0.3 is 14.7 Å². The van der Waals surface area contributed by atoms with Gasteiger partial charge >= 0.3 is 0 Å². The van der Waals surface area contributed by atoms with Crippen LogP contribution in [-0.2, 0) is 12.3 Å². The largest absolute Gasteiger partial charge is 0.464 e. The Morgan fingerprint density at radius 3 is 3.05 bits per heavy atom. The molecule has 110 valence electrons. The highest BCUT2D eigenvalue weighted by Crippen LogP contribution is 2.26. The predicted molar refractivity (Wildman–Crippen MR) is 82.0 cm³/mol. The second-order valence-electron chi connectivity index (χ2n) is 4.61. The van der Waals surface area contributed by atoms with Crippen LogP contribution in [0.25, 0.3) is 11.2 Å². The van der Waals surface area contributed by atoms with Crippen LogP contribution in [0.1, 0.15) is 24.9 Å². The fourth-order valence-electron chi connectivity index (χ4n) is 1.98. The van der Waals surface area contributed by atoms with E-state index in [1.807, 2.05) is 12.1 Å². The zero-order valence-corrected chi connectivity index (χ0v) is 12.6. The van der Waals surface area contributed by atoms with Crippen LogP contribution in [0.2, 0.25) is 0 Å². The van der Waals surface area contributed by atoms with Crippen LogP contribution < -0.4 is 5.32 Å². The van der Waals surface area contributed by atoms with E-state index in [9.17, 15) is 0 Å². The Hall–Kier alpha value is -1.86. The van der Waals surface area contributed by atoms with Crippen LogP contribution in [-0.4, -0.2) is 26.5 Å². The van der Waals surface area contributed by atoms with Crippen molar-refractivity contribution >= 4 is 22.9 Å². The van der Waals surface area contributed by atoms with Crippen molar-refractivity contribution in [2.24, 2.45) is 0 Å². The standard InChI is InChI=1S/C14H17N5OS/c1-2-5-15-6-10-3-4-11(20-10)7-21-14-12-13(17-8-16-12)18-9-19-14/h3-4,8-9,15H,2,5-7H2,1H3,(H,16,17,18,19). The lowest BCUT2D eigenvalue weighted by atomic mass is 10.4. The minimum atomic E-state index is 0.691. The van der Waals surface area contributed by atoms with E-state index in [4.69, 9.17) is 4.42 Å². The molecule has 0 bridgehead atoms. The third-order valence-corrected chi connectivity index (χ3v) is 3.99. The molecule has 0 amide bonds. The highest BCUT2D eigenvalue weighted by Gasteiger charge is 2.08. The van der Waals surface area contributed by atoms with Crippen molar-refractivity contribution < 1.29 is 4.42 Å². The molecule has 3 aromatic heterocycles. The number of hydrogen-bond donors (Lipinski definition) is 2. The first kappa shape index (κ1) is 14.1. The number of furan rings is 1. The van der Waals surface area contributed by atoms with Crippen LogP contribution in [0.15, 0.2) is 34.2 Å². The Bertz CT molecular complexity index is 708. The monoisotopic (exact) mass is 303 g/mol. The van der Waals surface area contributed by atoms with Crippen LogP contribution in [0.5, 0.6) is 0 Å². The topological polar surface area (TPSA) is 79.6 Å². The molecule has 0 spiro atoms. The molecule has 0 radical (unpaired) electrons. The molecule has 0 atom stereocenters. The summed E-state index contributed by atoms with van der Waals surface area (Å²) >= 11 is 1.61. The maximum Gasteiger partial charge on any atom is 0.181 e. The van der Waals surface area contributed by atoms with Crippen molar-refractivity contribution in [3.63, 3.8) is 0 Å². The first-order valence-corrected chi connectivity index (χ1v) is 7.90. The van der Waals surface area contributed by atoms with Gasteiger partial charge in [0.2, 0.25) is 0 Å². The summed E-state index contributed by atoms with van der Waals surface area (Å²) in [5, 5.41) is 4.21. The lowest BCUT2D eigenvalue weighted by Gasteiger charge is -2.00. The Labute approximate surface area is 126 Å². The van der Waals surface area contributed by atoms with Gasteiger partial charge in [0.15, 0.2) is 5.65 Å². The minimum Gasteiger partial charge on any atom is -0.464 e. The molecule has 0 fully saturated rings. The molecule has 0 aliphatic carbocycles. The average Bonchev–Trinajstić information content (AvgIpc) is 3.14. The van der Waals surface area contributed by atoms with E-state index in [0.29, 0.717) is 5.65 Å². The molecular weight excluding hydrogens is 286 g/mol. The maximum atomic E-state index is 5.79. The number of H-pyrrole nitrogens is 1. The smallest absolute Gasteiger partial charge is 0.181 e. The number of nitrogens with zero attached hydrogens (tertiary/aromatic N) is 3. The van der Waals surface area contributed by atoms with Gasteiger partial charge in [0.25, 0.3) is 0 Å². The average molecular weight is 303 g/mol. The number of thioether (sulfide) groups is 1. The van der Waals surface area contributed by atoms with Gasteiger partial charge in [-0.2, -0.15) is 0 Å². The highest BCUT2D eigenvalue weighted by atomic mass is 32.2. The van der Waals surface area contributed by atoms with E-state index in [1.54, 1.807) is 18.1 Å². The van der Waals surface area contributed by atoms with E-state index in [2.05, 4.69) is 32.2 Å². The first-order valence-electron chi connectivity index (χ1n) is 6.92. The van der Waals surface area contributed by atoms with Crippen molar-refractivity contribution in [3.05, 3.63) is 36.3 Å². The molecule has 0 aliphatic heterocycles. The third kappa shape index (κ3) is 3.43. The van der Waals surface area contributed by atoms with E-state index in [0.717, 1.165) is 47.3 Å². The lowest BCUT2D eigenvalue weighted by Crippen LogP contribution is -2.12. The Morgan fingerprint density at radius 2 is 2.14 bits per heavy atom. The van der Waals surface area contributed by atoms with E-state index < -0.39 is 0 Å². The summed E-state index contributed by atoms with van der Waals surface area (Å²) in [6.07, 6.45) is 4.29. The molecule has 6 nitrogen and oxygen atoms in total. The quantitative estimate of drug-likeness (QED) is 0.397. The van der Waals surface area contributed by atoms with Crippen LogP contribution in [0.4, 0.5) is 0 Å². The molecule has 3 aromatic rings. The molecule has 21 heavy (non-hydrogen) atoms. The van der Waals surface area contributed by atoms with Gasteiger partial charge in [-0.3, -0.25) is 0 Å². The van der Waals surface area contributed by atoms with Crippen molar-refractivity contribution in [3.8, 4) is 0 Å². The molecule has 7 heteroatoms. The van der Waals surface area contributed by atoms with Crippen molar-refractivity contribution in [2.75, 3.05) is 6.54 Å². The van der Waals surface area contributed by atoms with Gasteiger partial charge in [0.1, 0.15) is 28.4 Å². The molecule has 3 rings (SSSR count). The third-order valence-electron chi connectivity index (χ3n) is 2.98. The van der Waals surface area contributed by atoms with Crippen molar-refractivity contribution in [2.45, 2.75) is 30.7 Å². The fourth-order valence-corrected chi connectivity index (χ4v) is 2.83. The van der Waals surface area contributed by atoms with Crippen LogP contribution >= 0.6 is 11.8 Å². The first-order chi connectivity index (χ1) is 10.4. The summed E-state index contributed by atoms with van der Waals surface area (Å²) in [7, 11) is 0. The number of aromatic amines is 1. The predicted octanol–water partition coefficient (Wildman–Crippen LogP) is 2.74. The van der Waals surface area contributed by atoms with Gasteiger partial charge in [0.05, 0.1) is 18.6 Å². The summed E-state index contributed by atoms with van der Waals surface area (Å²) in [5.74, 6) is 2.65. The Morgan fingerprint density at radius 1 is 1.24 bits per heavy atom. The van der Waals surface area contributed by atoms with Gasteiger partial charge in [0, 0.05) is 0 Å². The summed E-state index contributed by atoms with van der Waals surface area (Å²) < 4.78 is 5.79. The van der Waals surface area contributed by atoms with Crippen molar-refractivity contribution in [1.29, 1.82) is 0 Å². The molecule has 0 aromatic carbocycles. The SMILES string of the molecule is CCCNCc1ccc(CSc2ncnc3nc[nH]c23)o1. The van der Waals surface area contributed by atoms with Gasteiger partial charge in [-0.15, -0.1) is 0 Å². The zero-order valence-electron chi connectivity index (χ0n) is 11.8. The molecule has 2 N–H and O–H groups in total. The summed E-state index contributed by atoms with van der Waals surface area (Å²) in [6, 6.07) is 4.03. The second kappa shape index (κ2) is 6.73. The molecule has 0 saturated carbocycles. The maximum absolute atomic E-state index is 5.79. The molecule has 0 aliphatic rings. The highest BCUT2D eigenvalue weighted by molar-refractivity contribution is 7.98. The molecular formula is C14H17N5OS. The van der Waals surface area contributed by atoms with Gasteiger partial charge in [-0.1, -0.05) is 18.7 Å². The fraction of sp³-hybridized carbons (Fsp3) is 0.357. The summed E-state index contributed by atoms with van der Waals surface area (Å²) in [5.41, 5.74) is 1.57. The summed E-state index contributed by atoms with van der Waals surface area (Å²) in [6.45, 7) is 3.93. The van der Waals surface area contributed by atoms with E-state index >= 15 is 0 Å². The van der Waals surface area contributed by atoms with Crippen molar-refractivity contribution in [1.82, 2.24) is 25.3 Å².